The maximum Gasteiger partial charge on any atom is 0.278 e. The Kier molecular flexibility index (Phi) is 6.32. The van der Waals surface area contributed by atoms with Crippen molar-refractivity contribution in [2.45, 2.75) is 18.0 Å². The van der Waals surface area contributed by atoms with Crippen LogP contribution in [0.25, 0.3) is 21.7 Å². The van der Waals surface area contributed by atoms with Gasteiger partial charge in [-0.2, -0.15) is 0 Å². The van der Waals surface area contributed by atoms with Gasteiger partial charge in [0.05, 0.1) is 17.1 Å². The zero-order valence-electron chi connectivity index (χ0n) is 17.7. The molecule has 174 valence electrons. The van der Waals surface area contributed by atoms with Gasteiger partial charge < -0.3 is 4.90 Å². The van der Waals surface area contributed by atoms with E-state index in [-0.39, 0.29) is 36.8 Å². The number of nitrogens with zero attached hydrogens (tertiary/aromatic N) is 4. The van der Waals surface area contributed by atoms with Crippen LogP contribution in [0.2, 0.25) is 0 Å². The molecule has 0 spiro atoms. The number of carbonyl (C=O) groups excluding carboxylic acids is 1. The van der Waals surface area contributed by atoms with Crippen molar-refractivity contribution in [3.05, 3.63) is 74.5 Å². The average Bonchev–Trinajstić information content (AvgIpc) is 3.47. The van der Waals surface area contributed by atoms with Gasteiger partial charge in [0.15, 0.2) is 14.8 Å². The van der Waals surface area contributed by atoms with E-state index in [1.54, 1.807) is 23.1 Å². The molecule has 5 rings (SSSR count). The molecule has 0 bridgehead atoms. The summed E-state index contributed by atoms with van der Waals surface area (Å²) >= 11 is 7.61. The predicted molar refractivity (Wildman–Crippen MR) is 132 cm³/mol. The molecule has 0 aliphatic carbocycles. The third-order valence-electron chi connectivity index (χ3n) is 5.54. The molecule has 0 unspecified atom stereocenters. The molecular formula is C23H18F2N4O2S3. The van der Waals surface area contributed by atoms with Gasteiger partial charge in [0.25, 0.3) is 5.56 Å². The summed E-state index contributed by atoms with van der Waals surface area (Å²) < 4.78 is 31.5. The van der Waals surface area contributed by atoms with Crippen LogP contribution in [-0.2, 0) is 4.79 Å². The van der Waals surface area contributed by atoms with E-state index in [0.29, 0.717) is 18.8 Å². The highest BCUT2D eigenvalue weighted by molar-refractivity contribution is 7.99. The minimum Gasteiger partial charge on any atom is -0.342 e. The lowest BCUT2D eigenvalue weighted by atomic mass is 10.3. The van der Waals surface area contributed by atoms with Crippen molar-refractivity contribution in [3.63, 3.8) is 0 Å². The number of benzene rings is 2. The predicted octanol–water partition coefficient (Wildman–Crippen LogP) is 4.96. The van der Waals surface area contributed by atoms with Gasteiger partial charge in [-0.25, -0.2) is 13.8 Å². The minimum atomic E-state index is -0.499. The van der Waals surface area contributed by atoms with E-state index < -0.39 is 17.2 Å². The van der Waals surface area contributed by atoms with Crippen LogP contribution in [-0.4, -0.2) is 43.8 Å². The molecule has 0 atom stereocenters. The molecule has 1 saturated heterocycles. The van der Waals surface area contributed by atoms with Gasteiger partial charge in [-0.3, -0.25) is 18.7 Å². The number of hydrogen-bond acceptors (Lipinski definition) is 6. The highest BCUT2D eigenvalue weighted by atomic mass is 32.2. The van der Waals surface area contributed by atoms with Crippen LogP contribution in [0.15, 0.2) is 58.5 Å². The van der Waals surface area contributed by atoms with Crippen LogP contribution in [0, 0.1) is 15.6 Å². The summed E-state index contributed by atoms with van der Waals surface area (Å²) in [6.07, 6.45) is 1.94. The van der Waals surface area contributed by atoms with Crippen LogP contribution in [0.3, 0.4) is 0 Å². The van der Waals surface area contributed by atoms with Crippen molar-refractivity contribution in [1.29, 1.82) is 0 Å². The third-order valence-corrected chi connectivity index (χ3v) is 7.81. The minimum absolute atomic E-state index is 0.0428. The van der Waals surface area contributed by atoms with Crippen molar-refractivity contribution in [3.8, 4) is 11.4 Å². The first-order valence-corrected chi connectivity index (χ1v) is 12.7. The molecule has 0 N–H and O–H groups in total. The van der Waals surface area contributed by atoms with Gasteiger partial charge in [-0.15, -0.1) is 0 Å². The van der Waals surface area contributed by atoms with Crippen molar-refractivity contribution in [2.24, 2.45) is 0 Å². The van der Waals surface area contributed by atoms with Crippen molar-refractivity contribution < 1.29 is 13.6 Å². The first-order chi connectivity index (χ1) is 16.4. The Labute approximate surface area is 206 Å². The molecule has 1 amide bonds. The summed E-state index contributed by atoms with van der Waals surface area (Å²) in [5.74, 6) is -0.894. The first-order valence-electron chi connectivity index (χ1n) is 10.5. The number of carbonyl (C=O) groups is 1. The molecule has 0 saturated carbocycles. The molecule has 2 aromatic carbocycles. The zero-order chi connectivity index (χ0) is 23.8. The summed E-state index contributed by atoms with van der Waals surface area (Å²) in [6, 6.07) is 11.6. The molecule has 11 heteroatoms. The molecule has 1 aliphatic rings. The molecule has 1 fully saturated rings. The maximum absolute atomic E-state index is 14.6. The first kappa shape index (κ1) is 22.9. The monoisotopic (exact) mass is 516 g/mol. The number of halogens is 2. The molecule has 4 aromatic rings. The molecular weight excluding hydrogens is 498 g/mol. The number of fused-ring (bicyclic) bond motifs is 1. The van der Waals surface area contributed by atoms with E-state index in [1.807, 2.05) is 0 Å². The highest BCUT2D eigenvalue weighted by Gasteiger charge is 2.23. The second-order valence-corrected chi connectivity index (χ2v) is 10.3. The fourth-order valence-corrected chi connectivity index (χ4v) is 6.08. The van der Waals surface area contributed by atoms with E-state index in [1.165, 1.54) is 39.5 Å². The van der Waals surface area contributed by atoms with Gasteiger partial charge in [0.1, 0.15) is 16.3 Å². The van der Waals surface area contributed by atoms with E-state index in [0.717, 1.165) is 35.9 Å². The summed E-state index contributed by atoms with van der Waals surface area (Å²) in [5, 5.41) is 0.245. The van der Waals surface area contributed by atoms with Gasteiger partial charge in [-0.1, -0.05) is 35.2 Å². The lowest BCUT2D eigenvalue weighted by molar-refractivity contribution is -0.127. The molecule has 34 heavy (non-hydrogen) atoms. The number of rotatable bonds is 5. The fourth-order valence-electron chi connectivity index (χ4n) is 3.88. The topological polar surface area (TPSA) is 60.1 Å². The quantitative estimate of drug-likeness (QED) is 0.213. The van der Waals surface area contributed by atoms with Crippen molar-refractivity contribution in [2.75, 3.05) is 18.8 Å². The summed E-state index contributed by atoms with van der Waals surface area (Å²) in [5.41, 5.74) is 0.404. The fraction of sp³-hybridized carbons (Fsp3) is 0.217. The van der Waals surface area contributed by atoms with E-state index in [4.69, 9.17) is 12.2 Å². The zero-order valence-corrected chi connectivity index (χ0v) is 20.2. The number of thiazole rings is 1. The Hall–Kier alpha value is -2.89. The highest BCUT2D eigenvalue weighted by Crippen LogP contribution is 2.28. The van der Waals surface area contributed by atoms with Crippen LogP contribution in [0.5, 0.6) is 0 Å². The van der Waals surface area contributed by atoms with Gasteiger partial charge in [-0.05, 0) is 61.5 Å². The summed E-state index contributed by atoms with van der Waals surface area (Å²) in [4.78, 5) is 32.7. The maximum atomic E-state index is 14.6. The van der Waals surface area contributed by atoms with Crippen LogP contribution < -0.4 is 5.56 Å². The van der Waals surface area contributed by atoms with E-state index in [2.05, 4.69) is 4.98 Å². The second kappa shape index (κ2) is 9.40. The molecule has 0 radical (unpaired) electrons. The Balaban J connectivity index is 1.68. The average molecular weight is 517 g/mol. The lowest BCUT2D eigenvalue weighted by Gasteiger charge is -2.16. The lowest BCUT2D eigenvalue weighted by Crippen LogP contribution is -2.29. The second-order valence-electron chi connectivity index (χ2n) is 7.70. The number of amides is 1. The summed E-state index contributed by atoms with van der Waals surface area (Å²) in [7, 11) is 0. The summed E-state index contributed by atoms with van der Waals surface area (Å²) in [6.45, 7) is 1.43. The van der Waals surface area contributed by atoms with Crippen LogP contribution >= 0.6 is 35.3 Å². The Morgan fingerprint density at radius 2 is 1.76 bits per heavy atom. The van der Waals surface area contributed by atoms with Crippen molar-refractivity contribution >= 4 is 51.6 Å². The molecule has 1 aliphatic heterocycles. The Morgan fingerprint density at radius 3 is 2.47 bits per heavy atom. The smallest absolute Gasteiger partial charge is 0.278 e. The number of likely N-dealkylation sites (tertiary alicyclic amines) is 1. The van der Waals surface area contributed by atoms with Gasteiger partial charge >= 0.3 is 0 Å². The van der Waals surface area contributed by atoms with Crippen molar-refractivity contribution in [1.82, 2.24) is 19.0 Å². The molecule has 2 aromatic heterocycles. The van der Waals surface area contributed by atoms with E-state index in [9.17, 15) is 18.4 Å². The van der Waals surface area contributed by atoms with Crippen LogP contribution in [0.4, 0.5) is 8.78 Å². The largest absolute Gasteiger partial charge is 0.342 e. The Bertz CT molecular complexity index is 1510. The normalized spacial score (nSPS) is 13.6. The van der Waals surface area contributed by atoms with Gasteiger partial charge in [0, 0.05) is 13.1 Å². The number of thioether (sulfide) groups is 1. The molecule has 6 nitrogen and oxygen atoms in total. The van der Waals surface area contributed by atoms with E-state index >= 15 is 0 Å². The Morgan fingerprint density at radius 1 is 1.06 bits per heavy atom. The molecule has 3 heterocycles. The number of para-hydroxylation sites is 1. The standard InChI is InChI=1S/C23H18F2N4O2S3/c24-14-7-9-15(10-8-14)28-21(31)19-20(26-22(28)33-13-18(30)27-11-3-4-12-27)29(23(32)34-19)17-6-2-1-5-16(17)25/h1-2,5-10H,3-4,11-13H2. The number of aromatic nitrogens is 3. The van der Waals surface area contributed by atoms with Crippen LogP contribution in [0.1, 0.15) is 12.8 Å². The SMILES string of the molecule is O=C(CSc1nc2c(sc(=S)n2-c2ccccc2F)c(=O)n1-c1ccc(F)cc1)N1CCCC1. The number of hydrogen-bond donors (Lipinski definition) is 0. The third kappa shape index (κ3) is 4.19. The van der Waals surface area contributed by atoms with Gasteiger partial charge in [0.2, 0.25) is 5.91 Å².